The quantitative estimate of drug-likeness (QED) is 0.0718. The number of Topliss-reactive ketones (excluding diaryl/α,β-unsaturated/α-hetero) is 6. The first-order chi connectivity index (χ1) is 35.5. The first kappa shape index (κ1) is 60.0. The molecule has 0 amide bonds. The van der Waals surface area contributed by atoms with Crippen molar-refractivity contribution in [3.8, 4) is 0 Å². The molecule has 2 saturated carbocycles. The van der Waals surface area contributed by atoms with Gasteiger partial charge in [-0.3, -0.25) is 43.2 Å². The van der Waals surface area contributed by atoms with Gasteiger partial charge in [0, 0.05) is 79.6 Å². The maximum atomic E-state index is 13.6. The number of ketones is 8. The fourth-order valence-corrected chi connectivity index (χ4v) is 10.6. The first-order valence-electron chi connectivity index (χ1n) is 26.9. The molecule has 0 bridgehead atoms. The number of carbonyl (C=O) groups excluding carboxylic acids is 8. The molecule has 75 heavy (non-hydrogen) atoms. The van der Waals surface area contributed by atoms with Crippen LogP contribution in [-0.4, -0.2) is 92.5 Å². The Balaban J connectivity index is 0.000000277. The summed E-state index contributed by atoms with van der Waals surface area (Å²) in [5.74, 6) is -3.59. The maximum Gasteiger partial charge on any atom is 0.309 e. The van der Waals surface area contributed by atoms with Crippen molar-refractivity contribution < 1.29 is 63.6 Å². The van der Waals surface area contributed by atoms with Gasteiger partial charge in [-0.1, -0.05) is 89.1 Å². The van der Waals surface area contributed by atoms with Gasteiger partial charge in [0.2, 0.25) is 0 Å². The van der Waals surface area contributed by atoms with Crippen molar-refractivity contribution in [3.05, 3.63) is 106 Å². The zero-order valence-electron chi connectivity index (χ0n) is 44.8. The highest BCUT2D eigenvalue weighted by Crippen LogP contribution is 2.42. The molecule has 2 aromatic carbocycles. The summed E-state index contributed by atoms with van der Waals surface area (Å²) in [6.45, 7) is 11.3. The van der Waals surface area contributed by atoms with Crippen molar-refractivity contribution in [2.24, 2.45) is 34.5 Å². The van der Waals surface area contributed by atoms with Crippen LogP contribution in [0.1, 0.15) is 178 Å². The predicted molar refractivity (Wildman–Crippen MR) is 286 cm³/mol. The molecule has 4 aliphatic rings. The van der Waals surface area contributed by atoms with Gasteiger partial charge in [-0.15, -0.1) is 0 Å². The lowest BCUT2D eigenvalue weighted by Gasteiger charge is -2.33. The molecule has 4 aliphatic carbocycles. The lowest BCUT2D eigenvalue weighted by Crippen LogP contribution is -2.35. The molecule has 13 heteroatoms. The molecule has 2 aromatic rings. The molecule has 0 heterocycles. The van der Waals surface area contributed by atoms with E-state index in [-0.39, 0.29) is 138 Å². The molecule has 4 N–H and O–H groups in total. The lowest BCUT2D eigenvalue weighted by atomic mass is 9.69. The Bertz CT molecular complexity index is 2620. The van der Waals surface area contributed by atoms with E-state index >= 15 is 0 Å². The number of benzene rings is 2. The third-order valence-electron chi connectivity index (χ3n) is 15.5. The summed E-state index contributed by atoms with van der Waals surface area (Å²) in [6, 6.07) is 14.1. The van der Waals surface area contributed by atoms with E-state index in [1.807, 2.05) is 52.0 Å². The van der Waals surface area contributed by atoms with E-state index in [1.54, 1.807) is 38.1 Å². The molecule has 6 unspecified atom stereocenters. The Morgan fingerprint density at radius 1 is 0.560 bits per heavy atom. The van der Waals surface area contributed by atoms with Crippen molar-refractivity contribution in [3.63, 3.8) is 0 Å². The molecule has 0 spiro atoms. The Kier molecular flexibility index (Phi) is 21.8. The van der Waals surface area contributed by atoms with E-state index in [1.165, 1.54) is 24.3 Å². The molecule has 13 nitrogen and oxygen atoms in total. The topological polar surface area (TPSA) is 235 Å². The van der Waals surface area contributed by atoms with E-state index in [0.29, 0.717) is 67.2 Å². The fourth-order valence-electron chi connectivity index (χ4n) is 10.6. The number of allylic oxidation sites excluding steroid dienone is 8. The lowest BCUT2D eigenvalue weighted by molar-refractivity contribution is -0.147. The summed E-state index contributed by atoms with van der Waals surface area (Å²) in [6.07, 6.45) is 13.1. The Hall–Kier alpha value is -5.89. The summed E-state index contributed by atoms with van der Waals surface area (Å²) in [5, 5.41) is 37.4. The van der Waals surface area contributed by atoms with Crippen LogP contribution in [0, 0.1) is 34.5 Å². The summed E-state index contributed by atoms with van der Waals surface area (Å²) >= 11 is 0. The van der Waals surface area contributed by atoms with Gasteiger partial charge >= 0.3 is 5.97 Å². The molecule has 0 radical (unpaired) electrons. The van der Waals surface area contributed by atoms with Crippen LogP contribution in [0.25, 0.3) is 11.1 Å². The number of carboxylic acids is 1. The average Bonchev–Trinajstić information content (AvgIpc) is 3.37. The van der Waals surface area contributed by atoms with Crippen LogP contribution in [-0.2, 0) is 43.2 Å². The van der Waals surface area contributed by atoms with Crippen molar-refractivity contribution >= 4 is 63.4 Å². The highest BCUT2D eigenvalue weighted by molar-refractivity contribution is 6.40. The summed E-state index contributed by atoms with van der Waals surface area (Å²) in [5.41, 5.74) is 2.09. The Morgan fingerprint density at radius 2 is 0.987 bits per heavy atom. The van der Waals surface area contributed by atoms with Gasteiger partial charge in [0.25, 0.3) is 0 Å². The number of carbonyl (C=O) groups is 9. The van der Waals surface area contributed by atoms with Crippen LogP contribution in [0.15, 0.2) is 84.0 Å². The second-order valence-electron chi connectivity index (χ2n) is 22.9. The number of aliphatic carboxylic acids is 1. The zero-order valence-corrected chi connectivity index (χ0v) is 44.8. The normalized spacial score (nSPS) is 21.5. The predicted octanol–water partition coefficient (Wildman–Crippen LogP) is 9.63. The molecular weight excluding hydrogens is 953 g/mol. The van der Waals surface area contributed by atoms with Gasteiger partial charge < -0.3 is 20.4 Å². The SMILES string of the molecule is CC(CO)CCCC1=CC(=O)C=C(c2ccccc2C2=CC(=O)C=C(CCCC(C)(C)C(=O)O)C2=O)C1=O.CC(CO)CCCC1CC(=O)CC(c2ccccc2C2CC(=O)CC(CCCC(C)(C)CO)C2=O)C1=O. The Labute approximate surface area is 442 Å². The third-order valence-corrected chi connectivity index (χ3v) is 15.5. The number of rotatable bonds is 24. The van der Waals surface area contributed by atoms with E-state index in [2.05, 4.69) is 0 Å². The van der Waals surface area contributed by atoms with Crippen molar-refractivity contribution in [2.75, 3.05) is 19.8 Å². The van der Waals surface area contributed by atoms with E-state index in [0.717, 1.165) is 36.8 Å². The van der Waals surface area contributed by atoms with Crippen LogP contribution in [0.5, 0.6) is 0 Å². The highest BCUT2D eigenvalue weighted by Gasteiger charge is 2.42. The third kappa shape index (κ3) is 16.3. The van der Waals surface area contributed by atoms with Crippen molar-refractivity contribution in [1.29, 1.82) is 0 Å². The van der Waals surface area contributed by atoms with Crippen LogP contribution < -0.4 is 0 Å². The van der Waals surface area contributed by atoms with Gasteiger partial charge in [0.05, 0.1) is 17.3 Å². The minimum atomic E-state index is -0.949. The molecule has 0 aromatic heterocycles. The minimum Gasteiger partial charge on any atom is -0.481 e. The van der Waals surface area contributed by atoms with Gasteiger partial charge in [-0.05, 0) is 142 Å². The van der Waals surface area contributed by atoms with Gasteiger partial charge in [0.1, 0.15) is 23.1 Å². The second kappa shape index (κ2) is 27.2. The molecule has 0 aliphatic heterocycles. The Morgan fingerprint density at radius 3 is 1.43 bits per heavy atom. The highest BCUT2D eigenvalue weighted by atomic mass is 16.4. The van der Waals surface area contributed by atoms with Gasteiger partial charge in [-0.2, -0.15) is 0 Å². The number of hydrogen-bond acceptors (Lipinski definition) is 12. The van der Waals surface area contributed by atoms with Gasteiger partial charge in [-0.25, -0.2) is 0 Å². The first-order valence-corrected chi connectivity index (χ1v) is 26.9. The number of aliphatic hydroxyl groups is 3. The minimum absolute atomic E-state index is 0.0537. The molecule has 0 saturated heterocycles. The second-order valence-corrected chi connectivity index (χ2v) is 22.9. The molecular formula is C62H78O13. The number of hydrogen-bond donors (Lipinski definition) is 4. The van der Waals surface area contributed by atoms with Crippen molar-refractivity contribution in [2.45, 2.75) is 156 Å². The summed E-state index contributed by atoms with van der Waals surface area (Å²) in [7, 11) is 0. The van der Waals surface area contributed by atoms with Crippen molar-refractivity contribution in [1.82, 2.24) is 0 Å². The van der Waals surface area contributed by atoms with Gasteiger partial charge in [0.15, 0.2) is 23.1 Å². The molecule has 2 fully saturated rings. The number of carboxylic acid groups (broad SMARTS) is 1. The van der Waals surface area contributed by atoms with Crippen LogP contribution >= 0.6 is 0 Å². The van der Waals surface area contributed by atoms with Crippen LogP contribution in [0.3, 0.4) is 0 Å². The standard InChI is InChI=1S/C31H34O7.C31H44O6/c1-19(18-32)8-6-9-20-14-22(33)16-26(28(20)35)24-11-4-5-12-25(24)27-17-23(34)15-21(29(27)36)10-7-13-31(2,3)30(37)38;1-20(18-32)8-6-9-21-14-23(34)16-27(29(21)36)25-11-4-5-12-26(25)28-17-24(35)15-22(30(28)37)10-7-13-31(2,3)19-33/h4-5,11-12,14-17,19,32H,6-10,13,18H2,1-3H3,(H,37,38);4-5,11-12,20-22,27-28,32-33H,6-10,13-19H2,1-3H3. The molecule has 404 valence electrons. The van der Waals surface area contributed by atoms with Crippen LogP contribution in [0.4, 0.5) is 0 Å². The van der Waals surface area contributed by atoms with E-state index < -0.39 is 23.2 Å². The summed E-state index contributed by atoms with van der Waals surface area (Å²) < 4.78 is 0. The maximum absolute atomic E-state index is 13.6. The summed E-state index contributed by atoms with van der Waals surface area (Å²) in [4.78, 5) is 116. The smallest absolute Gasteiger partial charge is 0.309 e. The average molecular weight is 1030 g/mol. The monoisotopic (exact) mass is 1030 g/mol. The van der Waals surface area contributed by atoms with E-state index in [4.69, 9.17) is 0 Å². The van der Waals surface area contributed by atoms with Crippen LogP contribution in [0.2, 0.25) is 0 Å². The zero-order chi connectivity index (χ0) is 55.2. The largest absolute Gasteiger partial charge is 0.481 e. The number of aliphatic hydroxyl groups excluding tert-OH is 3. The molecule has 6 atom stereocenters. The van der Waals surface area contributed by atoms with E-state index in [9.17, 15) is 63.6 Å². The molecule has 6 rings (SSSR count). The fraction of sp³-hybridized carbons (Fsp3) is 0.532.